The molecule has 1 atom stereocenters. The first-order chi connectivity index (χ1) is 13.4. The average Bonchev–Trinajstić information content (AvgIpc) is 3.11. The Bertz CT molecular complexity index is 950. The van der Waals surface area contributed by atoms with Gasteiger partial charge in [-0.2, -0.15) is 9.62 Å². The van der Waals surface area contributed by atoms with Crippen molar-refractivity contribution in [2.75, 3.05) is 5.32 Å². The minimum absolute atomic E-state index is 0.124. The number of carbonyl (C=O) groups is 1. The third-order valence-corrected chi connectivity index (χ3v) is 7.24. The summed E-state index contributed by atoms with van der Waals surface area (Å²) in [6.45, 7) is 11.5. The Kier molecular flexibility index (Phi) is 7.35. The number of amides is 2. The van der Waals surface area contributed by atoms with E-state index in [9.17, 15) is 15.2 Å². The second kappa shape index (κ2) is 9.18. The Morgan fingerprint density at radius 2 is 1.79 bits per heavy atom. The van der Waals surface area contributed by atoms with Crippen molar-refractivity contribution in [1.82, 2.24) is 0 Å². The number of benzene rings is 1. The summed E-state index contributed by atoms with van der Waals surface area (Å²) in [5, 5.41) is 28.5. The molecule has 1 aromatic heterocycles. The number of rotatable bonds is 5. The fraction of sp³-hybridized carbons (Fsp3) is 0.429. The van der Waals surface area contributed by atoms with Gasteiger partial charge in [-0.3, -0.25) is 5.14 Å². The van der Waals surface area contributed by atoms with Gasteiger partial charge in [0.15, 0.2) is 0 Å². The molecule has 0 saturated carbocycles. The molecule has 2 aromatic rings. The highest BCUT2D eigenvalue weighted by molar-refractivity contribution is 7.87. The lowest BCUT2D eigenvalue weighted by atomic mass is 9.90. The van der Waals surface area contributed by atoms with E-state index in [1.54, 1.807) is 26.0 Å². The zero-order valence-electron chi connectivity index (χ0n) is 17.6. The van der Waals surface area contributed by atoms with Crippen LogP contribution in [0.25, 0.3) is 0 Å². The molecule has 0 spiro atoms. The predicted octanol–water partition coefficient (Wildman–Crippen LogP) is 5.36. The van der Waals surface area contributed by atoms with Gasteiger partial charge in [0.1, 0.15) is 0 Å². The molecular weight excluding hydrogens is 404 g/mol. The van der Waals surface area contributed by atoms with Crippen LogP contribution in [0.15, 0.2) is 32.8 Å². The number of carbonyl (C=O) groups excluding carboxylic acids is 1. The molecule has 1 aromatic carbocycles. The Labute approximate surface area is 179 Å². The first-order valence-electron chi connectivity index (χ1n) is 9.36. The van der Waals surface area contributed by atoms with E-state index >= 15 is 0 Å². The summed E-state index contributed by atoms with van der Waals surface area (Å²) in [6, 6.07) is 8.88. The maximum absolute atomic E-state index is 12.6. The van der Waals surface area contributed by atoms with Crippen molar-refractivity contribution in [3.8, 4) is 6.07 Å². The average molecular weight is 433 g/mol. The van der Waals surface area contributed by atoms with Crippen LogP contribution in [0.4, 0.5) is 10.5 Å². The Morgan fingerprint density at radius 3 is 2.21 bits per heavy atom. The molecule has 0 bridgehead atoms. The van der Waals surface area contributed by atoms with E-state index in [-0.39, 0.29) is 11.8 Å². The van der Waals surface area contributed by atoms with Gasteiger partial charge in [-0.05, 0) is 61.1 Å². The maximum Gasteiger partial charge on any atom is 0.352 e. The van der Waals surface area contributed by atoms with Gasteiger partial charge in [0.2, 0.25) is 0 Å². The van der Waals surface area contributed by atoms with Gasteiger partial charge in [0.05, 0.1) is 21.4 Å². The quantitative estimate of drug-likeness (QED) is 0.590. The van der Waals surface area contributed by atoms with Crippen LogP contribution in [0.3, 0.4) is 0 Å². The van der Waals surface area contributed by atoms with E-state index in [1.165, 1.54) is 11.3 Å². The van der Waals surface area contributed by atoms with Crippen molar-refractivity contribution in [3.05, 3.63) is 45.8 Å². The van der Waals surface area contributed by atoms with E-state index in [4.69, 9.17) is 5.14 Å². The van der Waals surface area contributed by atoms with Crippen LogP contribution in [0.5, 0.6) is 0 Å². The van der Waals surface area contributed by atoms with Crippen molar-refractivity contribution < 1.29 is 9.90 Å². The number of nitrogens with two attached hydrogens (primary N) is 1. The summed E-state index contributed by atoms with van der Waals surface area (Å²) >= 11 is 1.34. The van der Waals surface area contributed by atoms with Crippen LogP contribution in [-0.4, -0.2) is 11.1 Å². The van der Waals surface area contributed by atoms with Gasteiger partial charge in [0.25, 0.3) is 0 Å². The molecule has 0 fully saturated rings. The number of thiophene rings is 1. The number of nitrogens with one attached hydrogen (secondary N) is 1. The molecule has 2 amide bonds. The molecule has 156 valence electrons. The first kappa shape index (κ1) is 23.2. The highest BCUT2D eigenvalue weighted by atomic mass is 32.2. The largest absolute Gasteiger partial charge is 0.385 e. The van der Waals surface area contributed by atoms with Gasteiger partial charge in [-0.25, -0.2) is 4.79 Å². The molecule has 8 heteroatoms. The third-order valence-electron chi connectivity index (χ3n) is 4.38. The van der Waals surface area contributed by atoms with E-state index in [0.717, 1.165) is 20.2 Å². The smallest absolute Gasteiger partial charge is 0.352 e. The van der Waals surface area contributed by atoms with Crippen LogP contribution < -0.4 is 10.5 Å². The van der Waals surface area contributed by atoms with Gasteiger partial charge < -0.3 is 10.4 Å². The van der Waals surface area contributed by atoms with E-state index in [1.807, 2.05) is 39.8 Å². The number of nitriles is 1. The molecule has 0 radical (unpaired) electrons. The fourth-order valence-electron chi connectivity index (χ4n) is 2.83. The second-order valence-corrected chi connectivity index (χ2v) is 10.6. The molecule has 0 aliphatic heterocycles. The molecular formula is C21H28N4O2S2. The van der Waals surface area contributed by atoms with Gasteiger partial charge in [-0.1, -0.05) is 27.7 Å². The number of urea groups is 1. The molecule has 0 aliphatic carbocycles. The number of nitrogens with zero attached hydrogens (tertiary/aromatic N) is 2. The van der Waals surface area contributed by atoms with Crippen LogP contribution in [-0.2, 0) is 16.5 Å². The van der Waals surface area contributed by atoms with Crippen LogP contribution in [0.2, 0.25) is 0 Å². The first-order valence-corrected chi connectivity index (χ1v) is 11.4. The van der Waals surface area contributed by atoms with Crippen molar-refractivity contribution in [2.45, 2.75) is 63.2 Å². The Hall–Kier alpha value is -2.05. The highest BCUT2D eigenvalue weighted by Crippen LogP contribution is 2.34. The zero-order chi connectivity index (χ0) is 21.9. The van der Waals surface area contributed by atoms with Crippen LogP contribution in [0, 0.1) is 11.3 Å². The summed E-state index contributed by atoms with van der Waals surface area (Å²) in [6.07, 6.45) is 0. The summed E-state index contributed by atoms with van der Waals surface area (Å²) in [5.41, 5.74) is 2.10. The lowest BCUT2D eigenvalue weighted by Crippen LogP contribution is -2.15. The SMILES string of the molecule is CC(C)c1cc(C#N)cc(C(C)C)c1NC(=O)/N=S(/N)c1ccc(C(C)(C)O)s1. The molecule has 0 saturated heterocycles. The number of hydrogen-bond acceptors (Lipinski definition) is 4. The van der Waals surface area contributed by atoms with Crippen molar-refractivity contribution >= 4 is 33.9 Å². The maximum atomic E-state index is 12.6. The number of hydrogen-bond donors (Lipinski definition) is 3. The van der Waals surface area contributed by atoms with E-state index in [2.05, 4.69) is 15.7 Å². The lowest BCUT2D eigenvalue weighted by Gasteiger charge is -2.20. The third kappa shape index (κ3) is 5.73. The van der Waals surface area contributed by atoms with Gasteiger partial charge in [0, 0.05) is 21.4 Å². The van der Waals surface area contributed by atoms with E-state index < -0.39 is 22.5 Å². The van der Waals surface area contributed by atoms with Crippen molar-refractivity contribution in [3.63, 3.8) is 0 Å². The molecule has 4 N–H and O–H groups in total. The summed E-state index contributed by atoms with van der Waals surface area (Å²) in [4.78, 5) is 13.4. The van der Waals surface area contributed by atoms with Gasteiger partial charge >= 0.3 is 6.03 Å². The number of aliphatic hydroxyl groups is 1. The monoisotopic (exact) mass is 432 g/mol. The van der Waals surface area contributed by atoms with Gasteiger partial charge in [-0.15, -0.1) is 11.3 Å². The minimum atomic E-state index is -1.12. The summed E-state index contributed by atoms with van der Waals surface area (Å²) in [7, 11) is -1.12. The molecule has 1 unspecified atom stereocenters. The predicted molar refractivity (Wildman–Crippen MR) is 120 cm³/mol. The Balaban J connectivity index is 2.38. The fourth-order valence-corrected chi connectivity index (χ4v) is 4.82. The highest BCUT2D eigenvalue weighted by Gasteiger charge is 2.20. The van der Waals surface area contributed by atoms with Crippen molar-refractivity contribution in [1.29, 1.82) is 5.26 Å². The summed E-state index contributed by atoms with van der Waals surface area (Å²) in [5.74, 6) is 0.248. The summed E-state index contributed by atoms with van der Waals surface area (Å²) < 4.78 is 4.83. The van der Waals surface area contributed by atoms with E-state index in [0.29, 0.717) is 11.3 Å². The molecule has 1 heterocycles. The molecule has 29 heavy (non-hydrogen) atoms. The molecule has 2 rings (SSSR count). The Morgan fingerprint density at radius 1 is 1.24 bits per heavy atom. The zero-order valence-corrected chi connectivity index (χ0v) is 19.2. The van der Waals surface area contributed by atoms with Crippen LogP contribution in [0.1, 0.15) is 74.9 Å². The number of anilines is 1. The van der Waals surface area contributed by atoms with Crippen molar-refractivity contribution in [2.24, 2.45) is 9.50 Å². The second-order valence-electron chi connectivity index (χ2n) is 7.96. The normalized spacial score (nSPS) is 13.0. The topological polar surface area (TPSA) is 112 Å². The minimum Gasteiger partial charge on any atom is -0.385 e. The molecule has 6 nitrogen and oxygen atoms in total. The lowest BCUT2D eigenvalue weighted by molar-refractivity contribution is 0.0825. The molecule has 0 aliphatic rings. The van der Waals surface area contributed by atoms with Crippen LogP contribution >= 0.6 is 11.3 Å². The standard InChI is InChI=1S/C21H28N4O2S2/c1-12(2)15-9-14(11-22)10-16(13(3)4)19(15)24-20(26)25-29(23)18-8-7-17(28-18)21(5,6)27/h7-10,12-13,27H,1-6H3,(H3,23,24,25,26).